The van der Waals surface area contributed by atoms with Crippen molar-refractivity contribution in [1.29, 1.82) is 0 Å². The van der Waals surface area contributed by atoms with E-state index in [1.165, 1.54) is 36.4 Å². The minimum Gasteiger partial charge on any atom is -0.406 e. The molecule has 1 N–H and O–H groups in total. The Kier molecular flexibility index (Phi) is 5.70. The van der Waals surface area contributed by atoms with E-state index in [4.69, 9.17) is 11.6 Å². The minimum absolute atomic E-state index is 0.282. The van der Waals surface area contributed by atoms with Crippen molar-refractivity contribution in [3.05, 3.63) is 64.4 Å². The van der Waals surface area contributed by atoms with Gasteiger partial charge in [0.2, 0.25) is 0 Å². The van der Waals surface area contributed by atoms with Crippen LogP contribution in [0.25, 0.3) is 0 Å². The van der Waals surface area contributed by atoms with Gasteiger partial charge in [0.1, 0.15) is 11.6 Å². The van der Waals surface area contributed by atoms with Gasteiger partial charge in [-0.2, -0.15) is 0 Å². The lowest BCUT2D eigenvalue weighted by Crippen LogP contribution is -2.45. The number of hydrogen-bond acceptors (Lipinski definition) is 3. The third kappa shape index (κ3) is 4.47. The van der Waals surface area contributed by atoms with Crippen LogP contribution in [0.1, 0.15) is 17.2 Å². The third-order valence-corrected chi connectivity index (χ3v) is 4.55. The largest absolute Gasteiger partial charge is 0.573 e. The molecule has 0 aromatic heterocycles. The zero-order chi connectivity index (χ0) is 18.7. The van der Waals surface area contributed by atoms with Crippen LogP contribution in [0.4, 0.5) is 17.6 Å². The van der Waals surface area contributed by atoms with E-state index in [1.807, 2.05) is 0 Å². The van der Waals surface area contributed by atoms with E-state index in [0.29, 0.717) is 24.2 Å². The van der Waals surface area contributed by atoms with E-state index in [2.05, 4.69) is 15.0 Å². The summed E-state index contributed by atoms with van der Waals surface area (Å²) in [7, 11) is 0. The first-order valence-corrected chi connectivity index (χ1v) is 8.47. The Balaban J connectivity index is 1.98. The van der Waals surface area contributed by atoms with Gasteiger partial charge in [-0.05, 0) is 29.8 Å². The lowest BCUT2D eigenvalue weighted by molar-refractivity contribution is -0.274. The van der Waals surface area contributed by atoms with Crippen molar-refractivity contribution in [3.8, 4) is 5.75 Å². The molecule has 1 aliphatic rings. The Morgan fingerprint density at radius 2 is 1.69 bits per heavy atom. The summed E-state index contributed by atoms with van der Waals surface area (Å²) in [6.07, 6.45) is -4.76. The van der Waals surface area contributed by atoms with E-state index >= 15 is 0 Å². The van der Waals surface area contributed by atoms with Crippen LogP contribution in [-0.4, -0.2) is 37.4 Å². The highest BCUT2D eigenvalue weighted by Gasteiger charge is 2.32. The van der Waals surface area contributed by atoms with E-state index in [0.717, 1.165) is 13.1 Å². The van der Waals surface area contributed by atoms with Gasteiger partial charge >= 0.3 is 6.36 Å². The van der Waals surface area contributed by atoms with Crippen molar-refractivity contribution in [2.24, 2.45) is 0 Å². The number of halogens is 5. The Hall–Kier alpha value is -1.83. The highest BCUT2D eigenvalue weighted by Crippen LogP contribution is 2.36. The summed E-state index contributed by atoms with van der Waals surface area (Å²) in [6, 6.07) is 9.45. The van der Waals surface area contributed by atoms with Gasteiger partial charge < -0.3 is 10.1 Å². The fraction of sp³-hybridized carbons (Fsp3) is 0.333. The van der Waals surface area contributed by atoms with Crippen LogP contribution in [0.3, 0.4) is 0 Å². The van der Waals surface area contributed by atoms with Crippen LogP contribution < -0.4 is 10.1 Å². The summed E-state index contributed by atoms with van der Waals surface area (Å²) in [5.41, 5.74) is 0.967. The Bertz CT molecular complexity index is 726. The monoisotopic (exact) mass is 388 g/mol. The second-order valence-corrected chi connectivity index (χ2v) is 6.35. The second-order valence-electron chi connectivity index (χ2n) is 5.94. The summed E-state index contributed by atoms with van der Waals surface area (Å²) in [5, 5.41) is 3.50. The number of benzene rings is 2. The minimum atomic E-state index is -4.76. The van der Waals surface area contributed by atoms with Gasteiger partial charge in [-0.1, -0.05) is 29.8 Å². The molecular weight excluding hydrogens is 372 g/mol. The molecule has 26 heavy (non-hydrogen) atoms. The molecule has 0 saturated carbocycles. The van der Waals surface area contributed by atoms with E-state index < -0.39 is 18.2 Å². The Morgan fingerprint density at radius 3 is 2.27 bits per heavy atom. The molecule has 0 radical (unpaired) electrons. The van der Waals surface area contributed by atoms with Crippen LogP contribution in [0.5, 0.6) is 5.75 Å². The molecule has 0 amide bonds. The van der Waals surface area contributed by atoms with Gasteiger partial charge in [0.15, 0.2) is 0 Å². The first kappa shape index (κ1) is 18.9. The number of hydrogen-bond donors (Lipinski definition) is 1. The molecule has 1 fully saturated rings. The predicted molar refractivity (Wildman–Crippen MR) is 90.8 cm³/mol. The van der Waals surface area contributed by atoms with Crippen molar-refractivity contribution < 1.29 is 22.3 Å². The van der Waals surface area contributed by atoms with E-state index in [1.54, 1.807) is 6.07 Å². The average Bonchev–Trinajstić information content (AvgIpc) is 2.59. The number of rotatable bonds is 4. The van der Waals surface area contributed by atoms with Crippen molar-refractivity contribution in [2.45, 2.75) is 12.4 Å². The first-order valence-electron chi connectivity index (χ1n) is 8.09. The third-order valence-electron chi connectivity index (χ3n) is 4.22. The Labute approximate surface area is 153 Å². The average molecular weight is 389 g/mol. The standard InChI is InChI=1S/C18H17ClF4N2O/c19-14-2-1-3-15(20)16(14)17(25-10-8-24-9-11-25)12-4-6-13(7-5-12)26-18(21,22)23/h1-7,17,24H,8-11H2/t17-/m0/s1. The number of ether oxygens (including phenoxy) is 1. The summed E-state index contributed by atoms with van der Waals surface area (Å²) in [6.45, 7) is 2.79. The van der Waals surface area contributed by atoms with Gasteiger partial charge in [0, 0.05) is 36.8 Å². The molecule has 2 aromatic carbocycles. The van der Waals surface area contributed by atoms with Crippen LogP contribution in [0, 0.1) is 5.82 Å². The van der Waals surface area contributed by atoms with Gasteiger partial charge in [0.05, 0.1) is 6.04 Å². The first-order chi connectivity index (χ1) is 12.3. The van der Waals surface area contributed by atoms with Crippen molar-refractivity contribution in [2.75, 3.05) is 26.2 Å². The number of piperazine rings is 1. The molecule has 1 heterocycles. The van der Waals surface area contributed by atoms with Crippen LogP contribution >= 0.6 is 11.6 Å². The van der Waals surface area contributed by atoms with Gasteiger partial charge in [-0.3, -0.25) is 4.90 Å². The van der Waals surface area contributed by atoms with E-state index in [9.17, 15) is 17.6 Å². The molecule has 140 valence electrons. The summed E-state index contributed by atoms with van der Waals surface area (Å²) >= 11 is 6.26. The molecule has 8 heteroatoms. The smallest absolute Gasteiger partial charge is 0.406 e. The molecule has 1 atom stereocenters. The quantitative estimate of drug-likeness (QED) is 0.787. The van der Waals surface area contributed by atoms with Gasteiger partial charge in [0.25, 0.3) is 0 Å². The zero-order valence-electron chi connectivity index (χ0n) is 13.7. The van der Waals surface area contributed by atoms with Gasteiger partial charge in [-0.15, -0.1) is 13.2 Å². The normalized spacial score (nSPS) is 17.1. The highest BCUT2D eigenvalue weighted by atomic mass is 35.5. The summed E-state index contributed by atoms with van der Waals surface area (Å²) in [5.74, 6) is -0.767. The van der Waals surface area contributed by atoms with Crippen molar-refractivity contribution in [3.63, 3.8) is 0 Å². The molecule has 0 spiro atoms. The van der Waals surface area contributed by atoms with Crippen molar-refractivity contribution in [1.82, 2.24) is 10.2 Å². The highest BCUT2D eigenvalue weighted by molar-refractivity contribution is 6.31. The maximum atomic E-state index is 14.5. The number of nitrogens with one attached hydrogen (secondary N) is 1. The molecule has 2 aromatic rings. The second kappa shape index (κ2) is 7.82. The van der Waals surface area contributed by atoms with Crippen LogP contribution in [0.15, 0.2) is 42.5 Å². The predicted octanol–water partition coefficient (Wildman–Crippen LogP) is 4.37. The zero-order valence-corrected chi connectivity index (χ0v) is 14.4. The SMILES string of the molecule is Fc1cccc(Cl)c1[C@H](c1ccc(OC(F)(F)F)cc1)N1CCNCC1. The molecule has 1 aliphatic heterocycles. The van der Waals surface area contributed by atoms with Gasteiger partial charge in [-0.25, -0.2) is 4.39 Å². The molecule has 0 bridgehead atoms. The van der Waals surface area contributed by atoms with E-state index in [-0.39, 0.29) is 10.8 Å². The van der Waals surface area contributed by atoms with Crippen molar-refractivity contribution >= 4 is 11.6 Å². The number of alkyl halides is 3. The molecule has 0 unspecified atom stereocenters. The van der Waals surface area contributed by atoms with Crippen LogP contribution in [-0.2, 0) is 0 Å². The lowest BCUT2D eigenvalue weighted by atomic mass is 9.95. The topological polar surface area (TPSA) is 24.5 Å². The lowest BCUT2D eigenvalue weighted by Gasteiger charge is -2.36. The molecule has 3 nitrogen and oxygen atoms in total. The molecule has 3 rings (SSSR count). The molecule has 1 saturated heterocycles. The summed E-state index contributed by atoms with van der Waals surface area (Å²) in [4.78, 5) is 2.06. The Morgan fingerprint density at radius 1 is 1.04 bits per heavy atom. The maximum Gasteiger partial charge on any atom is 0.573 e. The fourth-order valence-corrected chi connectivity index (χ4v) is 3.39. The summed E-state index contributed by atoms with van der Waals surface area (Å²) < 4.78 is 55.5. The number of nitrogens with zero attached hydrogens (tertiary/aromatic N) is 1. The maximum absolute atomic E-state index is 14.5. The molecule has 0 aliphatic carbocycles. The fourth-order valence-electron chi connectivity index (χ4n) is 3.12. The molecular formula is C18H17ClF4N2O. The van der Waals surface area contributed by atoms with Crippen LogP contribution in [0.2, 0.25) is 5.02 Å².